The predicted molar refractivity (Wildman–Crippen MR) is 88.1 cm³/mol. The summed E-state index contributed by atoms with van der Waals surface area (Å²) >= 11 is 0. The molecule has 118 valence electrons. The summed E-state index contributed by atoms with van der Waals surface area (Å²) in [6.07, 6.45) is 11.3. The van der Waals surface area contributed by atoms with Crippen molar-refractivity contribution < 1.29 is 19.3 Å². The summed E-state index contributed by atoms with van der Waals surface area (Å²) in [5.41, 5.74) is 0.904. The van der Waals surface area contributed by atoms with Crippen LogP contribution in [0.4, 0.5) is 0 Å². The Morgan fingerprint density at radius 2 is 1.81 bits per heavy atom. The monoisotopic (exact) mass is 313 g/mol. The zero-order chi connectivity index (χ0) is 15.9. The first-order chi connectivity index (χ1) is 10.2. The molecule has 0 bridgehead atoms. The fraction of sp³-hybridized carbons (Fsp3) is 0.333. The number of hydrogen-bond acceptors (Lipinski definition) is 5. The molecule has 0 aromatic rings. The Bertz CT molecular complexity index is 380. The van der Waals surface area contributed by atoms with E-state index in [-0.39, 0.29) is 6.10 Å². The number of nitrogens with zero attached hydrogens (tertiary/aromatic N) is 1. The van der Waals surface area contributed by atoms with Crippen LogP contribution in [0.2, 0.25) is 0 Å². The van der Waals surface area contributed by atoms with Crippen LogP contribution in [0.3, 0.4) is 0 Å². The smallest absolute Gasteiger partial charge is 0.180 e. The Labute approximate surface area is 127 Å². The van der Waals surface area contributed by atoms with Crippen molar-refractivity contribution in [3.05, 3.63) is 61.8 Å². The molecular formula is C15H24NO4P. The SMILES string of the molecule is C=CCC(=CC(CC=C)O[PH2]=O)N(CC=CO)CC=CO. The molecule has 0 amide bonds. The lowest BCUT2D eigenvalue weighted by Crippen LogP contribution is -2.24. The average Bonchev–Trinajstić information content (AvgIpc) is 2.47. The number of aliphatic hydroxyl groups is 2. The lowest BCUT2D eigenvalue weighted by molar-refractivity contribution is 0.270. The first-order valence-corrected chi connectivity index (χ1v) is 7.52. The first kappa shape index (κ1) is 19.3. The number of rotatable bonds is 12. The number of allylic oxidation sites excluding steroid dienone is 1. The van der Waals surface area contributed by atoms with Crippen LogP contribution in [-0.4, -0.2) is 34.3 Å². The van der Waals surface area contributed by atoms with Crippen LogP contribution >= 0.6 is 8.69 Å². The third kappa shape index (κ3) is 8.95. The van der Waals surface area contributed by atoms with E-state index in [0.29, 0.717) is 25.9 Å². The maximum Gasteiger partial charge on any atom is 0.180 e. The van der Waals surface area contributed by atoms with Gasteiger partial charge in [-0.15, -0.1) is 13.2 Å². The minimum absolute atomic E-state index is 0.316. The topological polar surface area (TPSA) is 70.0 Å². The molecule has 0 aromatic heterocycles. The molecule has 0 heterocycles. The third-order valence-corrected chi connectivity index (χ3v) is 3.09. The molecule has 0 aliphatic carbocycles. The van der Waals surface area contributed by atoms with Gasteiger partial charge in [0.2, 0.25) is 0 Å². The fourth-order valence-corrected chi connectivity index (χ4v) is 2.05. The van der Waals surface area contributed by atoms with Gasteiger partial charge in [0.25, 0.3) is 0 Å². The maximum absolute atomic E-state index is 10.7. The van der Waals surface area contributed by atoms with Gasteiger partial charge in [0.15, 0.2) is 8.69 Å². The van der Waals surface area contributed by atoms with Crippen molar-refractivity contribution in [2.45, 2.75) is 18.9 Å². The molecule has 2 unspecified atom stereocenters. The van der Waals surface area contributed by atoms with Gasteiger partial charge in [0.1, 0.15) is 0 Å². The lowest BCUT2D eigenvalue weighted by Gasteiger charge is -2.25. The standard InChI is InChI=1S/C15H24NO4P/c1-3-7-14(13-15(8-4-2)20-21-19)16(9-5-11-17)10-6-12-18/h3-6,11-13,15,17-18H,1-2,7-10,21H2. The Morgan fingerprint density at radius 3 is 2.24 bits per heavy atom. The van der Waals surface area contributed by atoms with Crippen LogP contribution in [-0.2, 0) is 9.09 Å². The van der Waals surface area contributed by atoms with Gasteiger partial charge in [-0.1, -0.05) is 12.2 Å². The molecule has 5 nitrogen and oxygen atoms in total. The highest BCUT2D eigenvalue weighted by atomic mass is 31.1. The summed E-state index contributed by atoms with van der Waals surface area (Å²) < 4.78 is 15.9. The second kappa shape index (κ2) is 13.3. The van der Waals surface area contributed by atoms with Gasteiger partial charge in [-0.3, -0.25) is 4.57 Å². The normalized spacial score (nSPS) is 14.2. The van der Waals surface area contributed by atoms with Crippen molar-refractivity contribution in [2.75, 3.05) is 13.1 Å². The van der Waals surface area contributed by atoms with E-state index in [2.05, 4.69) is 13.2 Å². The summed E-state index contributed by atoms with van der Waals surface area (Å²) in [6, 6.07) is 0. The Morgan fingerprint density at radius 1 is 1.19 bits per heavy atom. The molecular weight excluding hydrogens is 289 g/mol. The van der Waals surface area contributed by atoms with Gasteiger partial charge in [0, 0.05) is 25.2 Å². The van der Waals surface area contributed by atoms with E-state index in [1.165, 1.54) is 0 Å². The molecule has 21 heavy (non-hydrogen) atoms. The summed E-state index contributed by atoms with van der Waals surface area (Å²) in [7, 11) is -1.31. The zero-order valence-electron chi connectivity index (χ0n) is 12.1. The zero-order valence-corrected chi connectivity index (χ0v) is 13.3. The van der Waals surface area contributed by atoms with E-state index in [0.717, 1.165) is 18.2 Å². The molecule has 0 aliphatic rings. The van der Waals surface area contributed by atoms with Crippen molar-refractivity contribution >= 4 is 8.69 Å². The van der Waals surface area contributed by atoms with Crippen molar-refractivity contribution in [1.29, 1.82) is 0 Å². The van der Waals surface area contributed by atoms with Crippen LogP contribution in [0.1, 0.15) is 12.8 Å². The van der Waals surface area contributed by atoms with Gasteiger partial charge in [0.05, 0.1) is 18.6 Å². The van der Waals surface area contributed by atoms with Gasteiger partial charge < -0.3 is 19.6 Å². The molecule has 2 N–H and O–H groups in total. The Hall–Kier alpha value is -1.71. The van der Waals surface area contributed by atoms with E-state index >= 15 is 0 Å². The summed E-state index contributed by atoms with van der Waals surface area (Å²) in [6.45, 7) is 8.31. The van der Waals surface area contributed by atoms with Crippen molar-refractivity contribution in [3.63, 3.8) is 0 Å². The second-order valence-electron chi connectivity index (χ2n) is 4.12. The van der Waals surface area contributed by atoms with Crippen molar-refractivity contribution in [2.24, 2.45) is 0 Å². The van der Waals surface area contributed by atoms with Gasteiger partial charge >= 0.3 is 0 Å². The van der Waals surface area contributed by atoms with E-state index in [1.54, 1.807) is 24.3 Å². The number of aliphatic hydroxyl groups excluding tert-OH is 2. The maximum atomic E-state index is 10.7. The lowest BCUT2D eigenvalue weighted by atomic mass is 10.1. The number of hydrogen-bond donors (Lipinski definition) is 2. The minimum Gasteiger partial charge on any atom is -0.516 e. The molecule has 2 atom stereocenters. The molecule has 0 fully saturated rings. The molecule has 0 spiro atoms. The van der Waals surface area contributed by atoms with Crippen LogP contribution in [0.5, 0.6) is 0 Å². The van der Waals surface area contributed by atoms with E-state index in [1.807, 2.05) is 11.0 Å². The molecule has 0 aromatic carbocycles. The van der Waals surface area contributed by atoms with E-state index in [9.17, 15) is 4.57 Å². The molecule has 0 radical (unpaired) electrons. The molecule has 0 rings (SSSR count). The molecule has 0 saturated carbocycles. The largest absolute Gasteiger partial charge is 0.516 e. The Kier molecular flexibility index (Phi) is 12.2. The van der Waals surface area contributed by atoms with Crippen LogP contribution in [0.15, 0.2) is 61.8 Å². The highest BCUT2D eigenvalue weighted by molar-refractivity contribution is 7.17. The van der Waals surface area contributed by atoms with E-state index < -0.39 is 8.69 Å². The van der Waals surface area contributed by atoms with Crippen molar-refractivity contribution in [1.82, 2.24) is 4.90 Å². The third-order valence-electron chi connectivity index (χ3n) is 2.63. The fourth-order valence-electron chi connectivity index (χ4n) is 1.72. The Balaban J connectivity index is 5.25. The second-order valence-corrected chi connectivity index (χ2v) is 4.59. The molecule has 0 saturated heterocycles. The molecule has 0 aliphatic heterocycles. The van der Waals surface area contributed by atoms with Crippen LogP contribution in [0.25, 0.3) is 0 Å². The predicted octanol–water partition coefficient (Wildman–Crippen LogP) is 3.52. The summed E-state index contributed by atoms with van der Waals surface area (Å²) in [5, 5.41) is 17.6. The average molecular weight is 313 g/mol. The van der Waals surface area contributed by atoms with Crippen molar-refractivity contribution in [3.8, 4) is 0 Å². The minimum atomic E-state index is -1.31. The van der Waals surface area contributed by atoms with Crippen LogP contribution in [0, 0.1) is 0 Å². The van der Waals surface area contributed by atoms with Gasteiger partial charge in [-0.25, -0.2) is 0 Å². The quantitative estimate of drug-likeness (QED) is 0.328. The first-order valence-electron chi connectivity index (χ1n) is 6.58. The summed E-state index contributed by atoms with van der Waals surface area (Å²) in [4.78, 5) is 1.93. The van der Waals surface area contributed by atoms with E-state index in [4.69, 9.17) is 14.7 Å². The summed E-state index contributed by atoms with van der Waals surface area (Å²) in [5.74, 6) is 0. The van der Waals surface area contributed by atoms with Crippen LogP contribution < -0.4 is 0 Å². The highest BCUT2D eigenvalue weighted by Crippen LogP contribution is 2.17. The highest BCUT2D eigenvalue weighted by Gasteiger charge is 2.10. The van der Waals surface area contributed by atoms with Gasteiger partial charge in [-0.2, -0.15) is 0 Å². The molecule has 6 heteroatoms. The van der Waals surface area contributed by atoms with Gasteiger partial charge in [-0.05, 0) is 24.6 Å².